The fourth-order valence-electron chi connectivity index (χ4n) is 4.47. The first kappa shape index (κ1) is 23.9. The van der Waals surface area contributed by atoms with E-state index in [1.54, 1.807) is 10.6 Å². The van der Waals surface area contributed by atoms with Crippen molar-refractivity contribution in [3.63, 3.8) is 0 Å². The second-order valence-electron chi connectivity index (χ2n) is 8.28. The molecule has 0 aliphatic heterocycles. The summed E-state index contributed by atoms with van der Waals surface area (Å²) in [6.45, 7) is 6.45. The maximum atomic E-state index is 13.8. The first-order valence-corrected chi connectivity index (χ1v) is 12.4. The van der Waals surface area contributed by atoms with Crippen molar-refractivity contribution in [3.05, 3.63) is 105 Å². The number of carbonyl (C=O) groups excluding carboxylic acids is 1. The van der Waals surface area contributed by atoms with E-state index in [-0.39, 0.29) is 17.4 Å². The van der Waals surface area contributed by atoms with Gasteiger partial charge in [-0.15, -0.1) is 0 Å². The van der Waals surface area contributed by atoms with Crippen molar-refractivity contribution in [2.45, 2.75) is 39.2 Å². The molecule has 0 saturated carbocycles. The van der Waals surface area contributed by atoms with Crippen LogP contribution in [0.5, 0.6) is 0 Å². The molecule has 0 aliphatic carbocycles. The van der Waals surface area contributed by atoms with Gasteiger partial charge >= 0.3 is 0 Å². The van der Waals surface area contributed by atoms with E-state index in [1.807, 2.05) is 98.5 Å². The molecule has 0 N–H and O–H groups in total. The van der Waals surface area contributed by atoms with Gasteiger partial charge in [0.2, 0.25) is 5.91 Å². The van der Waals surface area contributed by atoms with Gasteiger partial charge in [0.05, 0.1) is 28.6 Å². The van der Waals surface area contributed by atoms with Crippen LogP contribution in [0.1, 0.15) is 50.5 Å². The third-order valence-corrected chi connectivity index (χ3v) is 6.79. The fraction of sp³-hybridized carbons (Fsp3) is 0.250. The Balaban J connectivity index is 1.85. The lowest BCUT2D eigenvalue weighted by molar-refractivity contribution is -0.135. The average molecular weight is 518 g/mol. The number of fused-ring (bicyclic) bond motifs is 1. The Kier molecular flexibility index (Phi) is 7.27. The molecule has 4 rings (SSSR count). The van der Waals surface area contributed by atoms with Gasteiger partial charge in [-0.1, -0.05) is 65.3 Å². The maximum Gasteiger partial charge on any atom is 0.266 e. The van der Waals surface area contributed by atoms with E-state index < -0.39 is 6.04 Å². The van der Waals surface area contributed by atoms with Crippen molar-refractivity contribution in [2.75, 3.05) is 6.54 Å². The lowest BCUT2D eigenvalue weighted by Crippen LogP contribution is -2.39. The Bertz CT molecular complexity index is 1350. The van der Waals surface area contributed by atoms with Crippen LogP contribution in [-0.2, 0) is 4.79 Å². The number of hydrogen-bond acceptors (Lipinski definition) is 3. The summed E-state index contributed by atoms with van der Waals surface area (Å²) in [5.41, 5.74) is 2.19. The number of benzene rings is 3. The minimum absolute atomic E-state index is 0.0356. The highest BCUT2D eigenvalue weighted by atomic mass is 79.9. The molecule has 0 radical (unpaired) electrons. The Morgan fingerprint density at radius 1 is 0.971 bits per heavy atom. The zero-order chi connectivity index (χ0) is 24.2. The molecule has 5 nitrogen and oxygen atoms in total. The molecule has 34 heavy (non-hydrogen) atoms. The molecule has 0 spiro atoms. The van der Waals surface area contributed by atoms with Gasteiger partial charge in [0.25, 0.3) is 5.56 Å². The minimum Gasteiger partial charge on any atom is -0.333 e. The van der Waals surface area contributed by atoms with E-state index in [4.69, 9.17) is 4.98 Å². The molecule has 6 heteroatoms. The van der Waals surface area contributed by atoms with Gasteiger partial charge in [0.1, 0.15) is 5.82 Å². The standard InChI is InChI=1S/C28H28BrN3O2/c1-4-23(20-11-7-6-8-12-20)27(33)31(5-2)19(3)26-30-25-14-10-9-13-24(25)28(34)32(26)22-17-15-21(29)16-18-22/h6-19,23H,4-5H2,1-3H3. The first-order valence-electron chi connectivity index (χ1n) is 11.6. The number of halogens is 1. The van der Waals surface area contributed by atoms with Crippen LogP contribution in [0.4, 0.5) is 0 Å². The summed E-state index contributed by atoms with van der Waals surface area (Å²) in [4.78, 5) is 34.1. The second-order valence-corrected chi connectivity index (χ2v) is 9.19. The molecular formula is C28H28BrN3O2. The Labute approximate surface area is 208 Å². The van der Waals surface area contributed by atoms with Crippen LogP contribution in [0.3, 0.4) is 0 Å². The van der Waals surface area contributed by atoms with E-state index in [2.05, 4.69) is 15.9 Å². The molecule has 0 aliphatic rings. The highest BCUT2D eigenvalue weighted by Crippen LogP contribution is 2.29. The monoisotopic (exact) mass is 517 g/mol. The number of amides is 1. The topological polar surface area (TPSA) is 55.2 Å². The predicted octanol–water partition coefficient (Wildman–Crippen LogP) is 6.25. The summed E-state index contributed by atoms with van der Waals surface area (Å²) in [6, 6.07) is 24.4. The van der Waals surface area contributed by atoms with E-state index in [0.29, 0.717) is 35.4 Å². The fourth-order valence-corrected chi connectivity index (χ4v) is 4.73. The molecule has 1 aromatic heterocycles. The van der Waals surface area contributed by atoms with Crippen molar-refractivity contribution in [3.8, 4) is 5.69 Å². The van der Waals surface area contributed by atoms with E-state index in [1.165, 1.54) is 0 Å². The minimum atomic E-state index is -0.406. The van der Waals surface area contributed by atoms with Crippen LogP contribution in [0.2, 0.25) is 0 Å². The van der Waals surface area contributed by atoms with Crippen LogP contribution in [-0.4, -0.2) is 26.9 Å². The molecule has 174 valence electrons. The van der Waals surface area contributed by atoms with Gasteiger partial charge in [0.15, 0.2) is 0 Å². The molecule has 1 heterocycles. The van der Waals surface area contributed by atoms with Gasteiger partial charge in [-0.3, -0.25) is 14.2 Å². The summed E-state index contributed by atoms with van der Waals surface area (Å²) in [5, 5.41) is 0.548. The van der Waals surface area contributed by atoms with Crippen molar-refractivity contribution < 1.29 is 4.79 Å². The summed E-state index contributed by atoms with van der Waals surface area (Å²) >= 11 is 3.47. The largest absolute Gasteiger partial charge is 0.333 e. The highest BCUT2D eigenvalue weighted by molar-refractivity contribution is 9.10. The number of aromatic nitrogens is 2. The van der Waals surface area contributed by atoms with Crippen LogP contribution >= 0.6 is 15.9 Å². The summed E-state index contributed by atoms with van der Waals surface area (Å²) in [7, 11) is 0. The van der Waals surface area contributed by atoms with Gasteiger partial charge in [-0.2, -0.15) is 0 Å². The lowest BCUT2D eigenvalue weighted by Gasteiger charge is -2.32. The quantitative estimate of drug-likeness (QED) is 0.291. The van der Waals surface area contributed by atoms with Crippen LogP contribution < -0.4 is 5.56 Å². The molecule has 0 fully saturated rings. The number of likely N-dealkylation sites (N-methyl/N-ethyl adjacent to an activating group) is 1. The number of rotatable bonds is 7. The van der Waals surface area contributed by atoms with Crippen LogP contribution in [0, 0.1) is 0 Å². The lowest BCUT2D eigenvalue weighted by atomic mass is 9.94. The smallest absolute Gasteiger partial charge is 0.266 e. The number of para-hydroxylation sites is 1. The van der Waals surface area contributed by atoms with E-state index in [0.717, 1.165) is 10.0 Å². The van der Waals surface area contributed by atoms with E-state index in [9.17, 15) is 9.59 Å². The highest BCUT2D eigenvalue weighted by Gasteiger charge is 2.30. The third-order valence-electron chi connectivity index (χ3n) is 6.26. The van der Waals surface area contributed by atoms with Gasteiger partial charge < -0.3 is 4.90 Å². The second kappa shape index (κ2) is 10.3. The van der Waals surface area contributed by atoms with Crippen LogP contribution in [0.15, 0.2) is 88.1 Å². The van der Waals surface area contributed by atoms with Gasteiger partial charge in [0, 0.05) is 11.0 Å². The molecule has 0 saturated heterocycles. The maximum absolute atomic E-state index is 13.8. The van der Waals surface area contributed by atoms with Crippen LogP contribution in [0.25, 0.3) is 16.6 Å². The van der Waals surface area contributed by atoms with E-state index >= 15 is 0 Å². The van der Waals surface area contributed by atoms with Crippen molar-refractivity contribution in [1.29, 1.82) is 0 Å². The van der Waals surface area contributed by atoms with Gasteiger partial charge in [-0.25, -0.2) is 4.98 Å². The van der Waals surface area contributed by atoms with Gasteiger partial charge in [-0.05, 0) is 62.2 Å². The predicted molar refractivity (Wildman–Crippen MR) is 140 cm³/mol. The molecule has 2 atom stereocenters. The molecule has 0 bridgehead atoms. The average Bonchev–Trinajstić information content (AvgIpc) is 2.86. The number of hydrogen-bond donors (Lipinski definition) is 0. The Hall–Kier alpha value is -3.25. The number of carbonyl (C=O) groups is 1. The Morgan fingerprint density at radius 3 is 2.26 bits per heavy atom. The number of nitrogens with zero attached hydrogens (tertiary/aromatic N) is 3. The molecule has 4 aromatic rings. The third kappa shape index (κ3) is 4.55. The zero-order valence-electron chi connectivity index (χ0n) is 19.6. The van der Waals surface area contributed by atoms with Crippen molar-refractivity contribution >= 4 is 32.7 Å². The molecule has 1 amide bonds. The van der Waals surface area contributed by atoms with Crippen molar-refractivity contribution in [1.82, 2.24) is 14.5 Å². The summed E-state index contributed by atoms with van der Waals surface area (Å²) in [6.07, 6.45) is 0.691. The summed E-state index contributed by atoms with van der Waals surface area (Å²) in [5.74, 6) is 0.328. The molecular weight excluding hydrogens is 490 g/mol. The molecule has 3 aromatic carbocycles. The zero-order valence-corrected chi connectivity index (χ0v) is 21.2. The Morgan fingerprint density at radius 2 is 1.62 bits per heavy atom. The molecule has 2 unspecified atom stereocenters. The summed E-state index contributed by atoms with van der Waals surface area (Å²) < 4.78 is 2.56. The SMILES string of the molecule is CCC(C(=O)N(CC)C(C)c1nc2ccccc2c(=O)n1-c1ccc(Br)cc1)c1ccccc1. The first-order chi connectivity index (χ1) is 16.5. The van der Waals surface area contributed by atoms with Crippen molar-refractivity contribution in [2.24, 2.45) is 0 Å². The normalized spacial score (nSPS) is 12.9.